The maximum absolute atomic E-state index is 10.7. The maximum atomic E-state index is 10.7. The Morgan fingerprint density at radius 1 is 1.42 bits per heavy atom. The summed E-state index contributed by atoms with van der Waals surface area (Å²) in [6.45, 7) is 7.19. The molecule has 0 fully saturated rings. The molecule has 1 aromatic heterocycles. The van der Waals surface area contributed by atoms with Crippen molar-refractivity contribution in [1.29, 1.82) is 0 Å². The van der Waals surface area contributed by atoms with Gasteiger partial charge in [0.15, 0.2) is 0 Å². The molecule has 1 aromatic rings. The summed E-state index contributed by atoms with van der Waals surface area (Å²) in [5, 5.41) is 10.7. The van der Waals surface area contributed by atoms with Gasteiger partial charge in [0.05, 0.1) is 4.92 Å². The standard InChI is InChI=1S/C13H22N4O2/c1-4-5-6-9-16(10(2)3)12-8-7-11(17(18)19)13(14)15-12/h7-8,10H,4-6,9H2,1-3H3,(H2,14,15). The van der Waals surface area contributed by atoms with Crippen LogP contribution in [-0.2, 0) is 0 Å². The monoisotopic (exact) mass is 266 g/mol. The number of rotatable bonds is 7. The number of aromatic nitrogens is 1. The van der Waals surface area contributed by atoms with E-state index in [0.717, 1.165) is 25.8 Å². The summed E-state index contributed by atoms with van der Waals surface area (Å²) in [4.78, 5) is 16.5. The molecule has 0 aromatic carbocycles. The van der Waals surface area contributed by atoms with Gasteiger partial charge in [0, 0.05) is 18.7 Å². The fraction of sp³-hybridized carbons (Fsp3) is 0.615. The number of hydrogen-bond acceptors (Lipinski definition) is 5. The van der Waals surface area contributed by atoms with Gasteiger partial charge in [-0.05, 0) is 26.3 Å². The normalized spacial score (nSPS) is 10.7. The van der Waals surface area contributed by atoms with Gasteiger partial charge in [-0.1, -0.05) is 19.8 Å². The molecule has 106 valence electrons. The van der Waals surface area contributed by atoms with Crippen LogP contribution < -0.4 is 10.6 Å². The van der Waals surface area contributed by atoms with E-state index >= 15 is 0 Å². The Kier molecular flexibility index (Phi) is 5.54. The SMILES string of the molecule is CCCCCN(c1ccc([N+](=O)[O-])c(N)n1)C(C)C. The first-order chi connectivity index (χ1) is 8.97. The minimum atomic E-state index is -0.511. The smallest absolute Gasteiger partial charge is 0.311 e. The molecule has 1 rings (SSSR count). The molecular formula is C13H22N4O2. The molecule has 19 heavy (non-hydrogen) atoms. The lowest BCUT2D eigenvalue weighted by molar-refractivity contribution is -0.384. The largest absolute Gasteiger partial charge is 0.378 e. The van der Waals surface area contributed by atoms with Crippen molar-refractivity contribution in [3.8, 4) is 0 Å². The molecule has 0 amide bonds. The van der Waals surface area contributed by atoms with E-state index in [0.29, 0.717) is 5.82 Å². The summed E-state index contributed by atoms with van der Waals surface area (Å²) < 4.78 is 0. The van der Waals surface area contributed by atoms with E-state index in [1.807, 2.05) is 0 Å². The average molecular weight is 266 g/mol. The number of pyridine rings is 1. The number of nitrogen functional groups attached to an aromatic ring is 1. The highest BCUT2D eigenvalue weighted by Gasteiger charge is 2.17. The molecule has 6 nitrogen and oxygen atoms in total. The van der Waals surface area contributed by atoms with Gasteiger partial charge in [-0.3, -0.25) is 10.1 Å². The third kappa shape index (κ3) is 4.08. The lowest BCUT2D eigenvalue weighted by Gasteiger charge is -2.28. The molecule has 0 aliphatic heterocycles. The average Bonchev–Trinajstić information content (AvgIpc) is 2.33. The summed E-state index contributed by atoms with van der Waals surface area (Å²) in [7, 11) is 0. The van der Waals surface area contributed by atoms with Crippen LogP contribution in [0.2, 0.25) is 0 Å². The summed E-state index contributed by atoms with van der Waals surface area (Å²) >= 11 is 0. The van der Waals surface area contributed by atoms with Crippen molar-refractivity contribution in [2.45, 2.75) is 46.1 Å². The Balaban J connectivity index is 2.90. The minimum Gasteiger partial charge on any atom is -0.378 e. The third-order valence-electron chi connectivity index (χ3n) is 3.00. The maximum Gasteiger partial charge on any atom is 0.311 e. The molecule has 0 atom stereocenters. The Hall–Kier alpha value is -1.85. The quantitative estimate of drug-likeness (QED) is 0.466. The topological polar surface area (TPSA) is 85.3 Å². The highest BCUT2D eigenvalue weighted by Crippen LogP contribution is 2.24. The molecule has 0 spiro atoms. The summed E-state index contributed by atoms with van der Waals surface area (Å²) in [5.74, 6) is 0.679. The van der Waals surface area contributed by atoms with Crippen LogP contribution in [0.15, 0.2) is 12.1 Å². The van der Waals surface area contributed by atoms with Crippen LogP contribution in [0.4, 0.5) is 17.3 Å². The van der Waals surface area contributed by atoms with E-state index in [2.05, 4.69) is 30.7 Å². The molecule has 0 saturated heterocycles. The van der Waals surface area contributed by atoms with Gasteiger partial charge >= 0.3 is 5.69 Å². The Morgan fingerprint density at radius 2 is 2.11 bits per heavy atom. The molecular weight excluding hydrogens is 244 g/mol. The van der Waals surface area contributed by atoms with Crippen LogP contribution in [0.25, 0.3) is 0 Å². The van der Waals surface area contributed by atoms with E-state index in [4.69, 9.17) is 5.73 Å². The van der Waals surface area contributed by atoms with Crippen molar-refractivity contribution in [3.05, 3.63) is 22.2 Å². The van der Waals surface area contributed by atoms with Crippen molar-refractivity contribution in [3.63, 3.8) is 0 Å². The van der Waals surface area contributed by atoms with Gasteiger partial charge in [0.2, 0.25) is 5.82 Å². The van der Waals surface area contributed by atoms with Gasteiger partial charge in [-0.15, -0.1) is 0 Å². The van der Waals surface area contributed by atoms with Crippen molar-refractivity contribution >= 4 is 17.3 Å². The van der Waals surface area contributed by atoms with Crippen molar-refractivity contribution in [2.24, 2.45) is 0 Å². The van der Waals surface area contributed by atoms with Crippen molar-refractivity contribution < 1.29 is 4.92 Å². The zero-order valence-electron chi connectivity index (χ0n) is 11.8. The van der Waals surface area contributed by atoms with Crippen LogP contribution in [0.3, 0.4) is 0 Å². The predicted molar refractivity (Wildman–Crippen MR) is 77.3 cm³/mol. The summed E-state index contributed by atoms with van der Waals surface area (Å²) in [6, 6.07) is 3.37. The lowest BCUT2D eigenvalue weighted by Crippen LogP contribution is -2.32. The molecule has 1 heterocycles. The number of nitro groups is 1. The van der Waals surface area contributed by atoms with E-state index in [-0.39, 0.29) is 17.5 Å². The number of nitrogens with two attached hydrogens (primary N) is 1. The Bertz CT molecular complexity index is 435. The zero-order valence-corrected chi connectivity index (χ0v) is 11.8. The first kappa shape index (κ1) is 15.2. The van der Waals surface area contributed by atoms with Gasteiger partial charge in [-0.25, -0.2) is 4.98 Å². The fourth-order valence-corrected chi connectivity index (χ4v) is 1.94. The first-order valence-electron chi connectivity index (χ1n) is 6.65. The van der Waals surface area contributed by atoms with Crippen LogP contribution >= 0.6 is 0 Å². The van der Waals surface area contributed by atoms with E-state index in [1.54, 1.807) is 6.07 Å². The number of anilines is 2. The molecule has 0 radical (unpaired) electrons. The van der Waals surface area contributed by atoms with E-state index in [1.165, 1.54) is 6.07 Å². The summed E-state index contributed by atoms with van der Waals surface area (Å²) in [5.41, 5.74) is 5.50. The molecule has 0 unspecified atom stereocenters. The molecule has 0 aliphatic rings. The lowest BCUT2D eigenvalue weighted by atomic mass is 10.2. The van der Waals surface area contributed by atoms with Gasteiger partial charge in [-0.2, -0.15) is 0 Å². The van der Waals surface area contributed by atoms with Crippen LogP contribution in [0.1, 0.15) is 40.0 Å². The van der Waals surface area contributed by atoms with Crippen molar-refractivity contribution in [1.82, 2.24) is 4.98 Å². The number of unbranched alkanes of at least 4 members (excludes halogenated alkanes) is 2. The first-order valence-corrected chi connectivity index (χ1v) is 6.65. The minimum absolute atomic E-state index is 0.0244. The fourth-order valence-electron chi connectivity index (χ4n) is 1.94. The predicted octanol–water partition coefficient (Wildman–Crippen LogP) is 2.98. The van der Waals surface area contributed by atoms with Gasteiger partial charge in [0.25, 0.3) is 0 Å². The van der Waals surface area contributed by atoms with E-state index < -0.39 is 4.92 Å². The van der Waals surface area contributed by atoms with Gasteiger partial charge < -0.3 is 10.6 Å². The molecule has 6 heteroatoms. The highest BCUT2D eigenvalue weighted by molar-refractivity contribution is 5.58. The van der Waals surface area contributed by atoms with Crippen LogP contribution in [-0.4, -0.2) is 22.5 Å². The Morgan fingerprint density at radius 3 is 2.58 bits per heavy atom. The molecule has 2 N–H and O–H groups in total. The molecule has 0 saturated carbocycles. The second-order valence-electron chi connectivity index (χ2n) is 4.83. The zero-order chi connectivity index (χ0) is 14.4. The third-order valence-corrected chi connectivity index (χ3v) is 3.00. The van der Waals surface area contributed by atoms with Crippen LogP contribution in [0, 0.1) is 10.1 Å². The molecule has 0 bridgehead atoms. The Labute approximate surface area is 113 Å². The van der Waals surface area contributed by atoms with E-state index in [9.17, 15) is 10.1 Å². The second-order valence-corrected chi connectivity index (χ2v) is 4.83. The number of hydrogen-bond donors (Lipinski definition) is 1. The van der Waals surface area contributed by atoms with Gasteiger partial charge in [0.1, 0.15) is 5.82 Å². The number of nitrogens with zero attached hydrogens (tertiary/aromatic N) is 3. The highest BCUT2D eigenvalue weighted by atomic mass is 16.6. The molecule has 0 aliphatic carbocycles. The summed E-state index contributed by atoms with van der Waals surface area (Å²) in [6.07, 6.45) is 3.39. The second kappa shape index (κ2) is 6.92. The van der Waals surface area contributed by atoms with Crippen molar-refractivity contribution in [2.75, 3.05) is 17.2 Å². The van der Waals surface area contributed by atoms with Crippen LogP contribution in [0.5, 0.6) is 0 Å².